The smallest absolute Gasteiger partial charge is 0.106 e. The zero-order chi connectivity index (χ0) is 14.6. The molecule has 2 rings (SSSR count). The fourth-order valence-electron chi connectivity index (χ4n) is 3.05. The first-order chi connectivity index (χ1) is 9.49. The van der Waals surface area contributed by atoms with E-state index >= 15 is 0 Å². The Hall–Kier alpha value is -0.630. The van der Waals surface area contributed by atoms with Gasteiger partial charge in [-0.25, -0.2) is 0 Å². The summed E-state index contributed by atoms with van der Waals surface area (Å²) >= 11 is 0. The molecule has 0 radical (unpaired) electrons. The molecule has 4 nitrogen and oxygen atoms in total. The molecule has 0 amide bonds. The van der Waals surface area contributed by atoms with Gasteiger partial charge in [0, 0.05) is 19.1 Å². The summed E-state index contributed by atoms with van der Waals surface area (Å²) in [7, 11) is 0. The van der Waals surface area contributed by atoms with E-state index < -0.39 is 0 Å². The van der Waals surface area contributed by atoms with E-state index in [1.165, 1.54) is 12.8 Å². The van der Waals surface area contributed by atoms with Crippen LogP contribution in [0.5, 0.6) is 0 Å². The number of rotatable bonds is 7. The number of ether oxygens (including phenoxy) is 1. The Balaban J connectivity index is 1.76. The average Bonchev–Trinajstić information content (AvgIpc) is 3.20. The highest BCUT2D eigenvalue weighted by atomic mass is 16.5. The minimum Gasteiger partial charge on any atom is -0.373 e. The van der Waals surface area contributed by atoms with Gasteiger partial charge in [0.15, 0.2) is 0 Å². The van der Waals surface area contributed by atoms with Gasteiger partial charge in [0.05, 0.1) is 18.3 Å². The quantitative estimate of drug-likeness (QED) is 0.777. The summed E-state index contributed by atoms with van der Waals surface area (Å²) in [5.74, 6) is 0. The van der Waals surface area contributed by atoms with E-state index in [-0.39, 0.29) is 11.1 Å². The lowest BCUT2D eigenvalue weighted by Gasteiger charge is -2.38. The molecule has 0 aromatic heterocycles. The van der Waals surface area contributed by atoms with Crippen molar-refractivity contribution in [2.75, 3.05) is 26.2 Å². The predicted molar refractivity (Wildman–Crippen MR) is 80.5 cm³/mol. The van der Waals surface area contributed by atoms with Gasteiger partial charge < -0.3 is 4.74 Å². The molecule has 2 fully saturated rings. The van der Waals surface area contributed by atoms with E-state index in [2.05, 4.69) is 37.1 Å². The lowest BCUT2D eigenvalue weighted by molar-refractivity contribution is -0.0862. The van der Waals surface area contributed by atoms with E-state index in [1.54, 1.807) is 0 Å². The van der Waals surface area contributed by atoms with Crippen LogP contribution >= 0.6 is 0 Å². The highest BCUT2D eigenvalue weighted by Gasteiger charge is 2.35. The van der Waals surface area contributed by atoms with Gasteiger partial charge in [-0.2, -0.15) is 5.26 Å². The summed E-state index contributed by atoms with van der Waals surface area (Å²) < 4.78 is 5.74. The maximum Gasteiger partial charge on any atom is 0.106 e. The molecule has 1 saturated heterocycles. The lowest BCUT2D eigenvalue weighted by Crippen LogP contribution is -2.49. The Morgan fingerprint density at radius 2 is 2.20 bits per heavy atom. The van der Waals surface area contributed by atoms with Crippen LogP contribution in [0.3, 0.4) is 0 Å². The van der Waals surface area contributed by atoms with Gasteiger partial charge >= 0.3 is 0 Å². The van der Waals surface area contributed by atoms with Crippen molar-refractivity contribution in [3.63, 3.8) is 0 Å². The third-order valence-corrected chi connectivity index (χ3v) is 4.46. The molecular weight excluding hydrogens is 250 g/mol. The zero-order valence-corrected chi connectivity index (χ0v) is 13.2. The van der Waals surface area contributed by atoms with Crippen molar-refractivity contribution in [3.8, 4) is 6.07 Å². The third-order valence-electron chi connectivity index (χ3n) is 4.46. The first-order valence-electron chi connectivity index (χ1n) is 8.04. The molecule has 1 heterocycles. The lowest BCUT2D eigenvalue weighted by atomic mass is 9.91. The molecule has 0 bridgehead atoms. The second-order valence-corrected chi connectivity index (χ2v) is 6.95. The highest BCUT2D eigenvalue weighted by Crippen LogP contribution is 2.27. The summed E-state index contributed by atoms with van der Waals surface area (Å²) in [6, 6.07) is 3.13. The molecule has 4 heteroatoms. The van der Waals surface area contributed by atoms with E-state index in [0.717, 1.165) is 45.5 Å². The van der Waals surface area contributed by atoms with Crippen LogP contribution in [0.2, 0.25) is 0 Å². The first kappa shape index (κ1) is 15.8. The van der Waals surface area contributed by atoms with E-state index in [1.807, 2.05) is 0 Å². The summed E-state index contributed by atoms with van der Waals surface area (Å²) in [5, 5.41) is 13.1. The van der Waals surface area contributed by atoms with Gasteiger partial charge in [-0.05, 0) is 52.5 Å². The fraction of sp³-hybridized carbons (Fsp3) is 0.938. The fourth-order valence-corrected chi connectivity index (χ4v) is 3.05. The molecule has 0 aromatic rings. The normalized spacial score (nSPS) is 25.9. The van der Waals surface area contributed by atoms with Crippen LogP contribution in [0, 0.1) is 11.3 Å². The van der Waals surface area contributed by atoms with Gasteiger partial charge in [-0.15, -0.1) is 0 Å². The maximum atomic E-state index is 9.53. The van der Waals surface area contributed by atoms with E-state index in [9.17, 15) is 5.26 Å². The van der Waals surface area contributed by atoms with Crippen molar-refractivity contribution in [2.24, 2.45) is 0 Å². The minimum atomic E-state index is -0.303. The number of nitrogens with zero attached hydrogens (tertiary/aromatic N) is 2. The molecule has 0 aromatic carbocycles. The van der Waals surface area contributed by atoms with Crippen molar-refractivity contribution < 1.29 is 4.74 Å². The summed E-state index contributed by atoms with van der Waals surface area (Å²) in [4.78, 5) is 2.47. The molecule has 2 aliphatic rings. The Kier molecular flexibility index (Phi) is 5.06. The van der Waals surface area contributed by atoms with Gasteiger partial charge in [-0.3, -0.25) is 10.2 Å². The van der Waals surface area contributed by atoms with Gasteiger partial charge in [0.2, 0.25) is 0 Å². The molecule has 0 spiro atoms. The first-order valence-corrected chi connectivity index (χ1v) is 8.04. The second kappa shape index (κ2) is 6.43. The van der Waals surface area contributed by atoms with Gasteiger partial charge in [0.25, 0.3) is 0 Å². The van der Waals surface area contributed by atoms with Crippen molar-refractivity contribution in [1.29, 1.82) is 5.26 Å². The average molecular weight is 279 g/mol. The second-order valence-electron chi connectivity index (χ2n) is 6.95. The van der Waals surface area contributed by atoms with Crippen LogP contribution in [-0.2, 0) is 4.74 Å². The van der Waals surface area contributed by atoms with Crippen LogP contribution in [0.15, 0.2) is 0 Å². The molecule has 20 heavy (non-hydrogen) atoms. The molecule has 1 atom stereocenters. The molecule has 1 unspecified atom stereocenters. The van der Waals surface area contributed by atoms with Crippen LogP contribution in [0.1, 0.15) is 52.9 Å². The monoisotopic (exact) mass is 279 g/mol. The van der Waals surface area contributed by atoms with Crippen molar-refractivity contribution in [3.05, 3.63) is 0 Å². The predicted octanol–water partition coefficient (Wildman–Crippen LogP) is 2.30. The molecular formula is C16H29N3O. The molecule has 1 aliphatic carbocycles. The van der Waals surface area contributed by atoms with E-state index in [0.29, 0.717) is 6.04 Å². The van der Waals surface area contributed by atoms with Crippen LogP contribution < -0.4 is 5.32 Å². The molecule has 1 saturated carbocycles. The summed E-state index contributed by atoms with van der Waals surface area (Å²) in [6.07, 6.45) is 5.41. The summed E-state index contributed by atoms with van der Waals surface area (Å²) in [5.41, 5.74) is -0.329. The van der Waals surface area contributed by atoms with Gasteiger partial charge in [-0.1, -0.05) is 6.92 Å². The standard InChI is InChI=1S/C16H29N3O/c1-4-16(12-17,18-14-6-7-14)8-5-9-19-10-11-20-15(2,3)13-19/h14,18H,4-11,13H2,1-3H3. The zero-order valence-electron chi connectivity index (χ0n) is 13.2. The topological polar surface area (TPSA) is 48.3 Å². The number of hydrogen-bond donors (Lipinski definition) is 1. The van der Waals surface area contributed by atoms with Crippen molar-refractivity contribution >= 4 is 0 Å². The van der Waals surface area contributed by atoms with Crippen LogP contribution in [-0.4, -0.2) is 48.3 Å². The Labute approximate surface area is 123 Å². The minimum absolute atomic E-state index is 0.0262. The van der Waals surface area contributed by atoms with Crippen LogP contribution in [0.25, 0.3) is 0 Å². The highest BCUT2D eigenvalue weighted by molar-refractivity contribution is 5.09. The third kappa shape index (κ3) is 4.44. The number of nitrogens with one attached hydrogen (secondary N) is 1. The maximum absolute atomic E-state index is 9.53. The van der Waals surface area contributed by atoms with E-state index in [4.69, 9.17) is 4.74 Å². The number of hydrogen-bond acceptors (Lipinski definition) is 4. The van der Waals surface area contributed by atoms with Gasteiger partial charge in [0.1, 0.15) is 5.54 Å². The number of morpholine rings is 1. The SMILES string of the molecule is CCC(C#N)(CCCN1CCOC(C)(C)C1)NC1CC1. The molecule has 1 aliphatic heterocycles. The summed E-state index contributed by atoms with van der Waals surface area (Å²) in [6.45, 7) is 10.3. The van der Waals surface area contributed by atoms with Crippen LogP contribution in [0.4, 0.5) is 0 Å². The molecule has 114 valence electrons. The Morgan fingerprint density at radius 1 is 1.45 bits per heavy atom. The Morgan fingerprint density at radius 3 is 2.75 bits per heavy atom. The van der Waals surface area contributed by atoms with Crippen molar-refractivity contribution in [1.82, 2.24) is 10.2 Å². The number of nitriles is 1. The molecule has 1 N–H and O–H groups in total. The van der Waals surface area contributed by atoms with Crippen molar-refractivity contribution in [2.45, 2.75) is 70.1 Å². The largest absolute Gasteiger partial charge is 0.373 e. The Bertz CT molecular complexity index is 359.